The number of anilines is 2. The summed E-state index contributed by atoms with van der Waals surface area (Å²) in [6.07, 6.45) is 7.04. The zero-order chi connectivity index (χ0) is 57.0. The topological polar surface area (TPSA) is 278 Å². The highest BCUT2D eigenvalue weighted by molar-refractivity contribution is 7.09. The number of benzene rings is 2. The van der Waals surface area contributed by atoms with E-state index in [9.17, 15) is 28.8 Å². The zero-order valence-electron chi connectivity index (χ0n) is 47.0. The second-order valence-corrected chi connectivity index (χ2v) is 21.5. The fourth-order valence-corrected chi connectivity index (χ4v) is 10.4. The number of fused-ring (bicyclic) bond motifs is 1. The van der Waals surface area contributed by atoms with Gasteiger partial charge in [0.15, 0.2) is 5.65 Å². The highest BCUT2D eigenvalue weighted by Gasteiger charge is 2.38. The number of H-pyrrole nitrogens is 1. The largest absolute Gasteiger partial charge is 0.471 e. The zero-order valence-corrected chi connectivity index (χ0v) is 47.8. The molecule has 7 N–H and O–H groups in total. The summed E-state index contributed by atoms with van der Waals surface area (Å²) in [5, 5.41) is 14.0. The van der Waals surface area contributed by atoms with E-state index in [-0.39, 0.29) is 85.1 Å². The molecule has 3 aromatic heterocycles. The highest BCUT2D eigenvalue weighted by Crippen LogP contribution is 2.32. The summed E-state index contributed by atoms with van der Waals surface area (Å²) in [7, 11) is 3.22. The average molecular weight is 1110 g/mol. The van der Waals surface area contributed by atoms with Crippen molar-refractivity contribution in [1.29, 1.82) is 0 Å². The van der Waals surface area contributed by atoms with E-state index in [0.717, 1.165) is 49.8 Å². The number of rotatable bonds is 30. The monoisotopic (exact) mass is 1110 g/mol. The Labute approximate surface area is 467 Å². The summed E-state index contributed by atoms with van der Waals surface area (Å²) in [4.78, 5) is 105. The molecule has 0 saturated carbocycles. The van der Waals surface area contributed by atoms with E-state index < -0.39 is 30.1 Å². The number of hydrogen-bond donors (Lipinski definition) is 6. The van der Waals surface area contributed by atoms with Crippen molar-refractivity contribution in [3.05, 3.63) is 87.6 Å². The molecule has 21 nitrogen and oxygen atoms in total. The normalized spacial score (nSPS) is 15.6. The molecule has 5 amide bonds. The minimum atomic E-state index is -1.05. The summed E-state index contributed by atoms with van der Waals surface area (Å²) in [6, 6.07) is 12.2. The summed E-state index contributed by atoms with van der Waals surface area (Å²) < 4.78 is 17.4. The van der Waals surface area contributed by atoms with E-state index in [1.165, 1.54) is 24.8 Å². The molecule has 1 unspecified atom stereocenters. The van der Waals surface area contributed by atoms with Crippen molar-refractivity contribution >= 4 is 69.6 Å². The van der Waals surface area contributed by atoms with Crippen LogP contribution in [0.15, 0.2) is 60.2 Å². The van der Waals surface area contributed by atoms with E-state index >= 15 is 0 Å². The molecule has 79 heavy (non-hydrogen) atoms. The third kappa shape index (κ3) is 17.7. The first kappa shape index (κ1) is 61.2. The van der Waals surface area contributed by atoms with Gasteiger partial charge in [-0.15, -0.1) is 11.3 Å². The van der Waals surface area contributed by atoms with Crippen LogP contribution < -0.4 is 31.7 Å². The van der Waals surface area contributed by atoms with Crippen LogP contribution in [-0.2, 0) is 53.0 Å². The van der Waals surface area contributed by atoms with Gasteiger partial charge < -0.3 is 51.1 Å². The third-order valence-corrected chi connectivity index (χ3v) is 15.1. The number of aromatic amines is 1. The average Bonchev–Trinajstić information content (AvgIpc) is 4.15. The number of nitrogen functional groups attached to an aromatic ring is 1. The lowest BCUT2D eigenvalue weighted by Crippen LogP contribution is -2.58. The number of imidazole rings is 1. The number of amides is 5. The van der Waals surface area contributed by atoms with Crippen LogP contribution in [0.3, 0.4) is 0 Å². The number of methoxy groups -OCH3 is 1. The Bertz CT molecular complexity index is 2790. The van der Waals surface area contributed by atoms with Gasteiger partial charge in [-0.3, -0.25) is 28.9 Å². The summed E-state index contributed by atoms with van der Waals surface area (Å²) in [5.74, 6) is -1.58. The van der Waals surface area contributed by atoms with Gasteiger partial charge in [-0.1, -0.05) is 90.8 Å². The SMILES string of the molecule is CCCO[C@H](CC(C(C)C)N(CCC)C(=O)[C@@H](NC(=O)[C@H]1CCCCN1C)[C@@H](C)CC)c1nc(C(=O)N[C@@H](Cc2ccc(NC(=O)CCCC(=O)NCc3ccc(COc4nc(N)nc5nc[nH]c45)cc3)cc2)C(=O)OC)cs1. The molecule has 0 aliphatic carbocycles. The van der Waals surface area contributed by atoms with Gasteiger partial charge in [0.25, 0.3) is 5.91 Å². The molecule has 1 aliphatic rings. The van der Waals surface area contributed by atoms with Gasteiger partial charge in [0.1, 0.15) is 41.0 Å². The summed E-state index contributed by atoms with van der Waals surface area (Å²) >= 11 is 1.28. The first-order valence-corrected chi connectivity index (χ1v) is 28.5. The number of nitrogens with one attached hydrogen (secondary N) is 5. The van der Waals surface area contributed by atoms with Gasteiger partial charge in [0, 0.05) is 62.5 Å². The number of nitrogens with zero attached hydrogens (tertiary/aromatic N) is 6. The lowest BCUT2D eigenvalue weighted by molar-refractivity contribution is -0.143. The Hall–Kier alpha value is -7.04. The maximum atomic E-state index is 14.8. The molecule has 0 spiro atoms. The minimum Gasteiger partial charge on any atom is -0.471 e. The Balaban J connectivity index is 0.986. The number of hydrogen-bond acceptors (Lipinski definition) is 16. The second-order valence-electron chi connectivity index (χ2n) is 20.6. The van der Waals surface area contributed by atoms with E-state index in [0.29, 0.717) is 72.3 Å². The molecular formula is C57H80N12O9S. The quantitative estimate of drug-likeness (QED) is 0.0252. The van der Waals surface area contributed by atoms with Crippen LogP contribution in [-0.4, -0.2) is 128 Å². The number of carbonyl (C=O) groups excluding carboxylic acids is 6. The lowest BCUT2D eigenvalue weighted by atomic mass is 9.92. The van der Waals surface area contributed by atoms with Crippen LogP contribution in [0.4, 0.5) is 11.6 Å². The molecule has 1 fully saturated rings. The van der Waals surface area contributed by atoms with Crippen molar-refractivity contribution in [2.45, 2.75) is 156 Å². The van der Waals surface area contributed by atoms with Gasteiger partial charge in [-0.25, -0.2) is 14.8 Å². The predicted octanol–water partition coefficient (Wildman–Crippen LogP) is 7.05. The molecule has 4 heterocycles. The van der Waals surface area contributed by atoms with Gasteiger partial charge in [0.2, 0.25) is 35.5 Å². The van der Waals surface area contributed by atoms with Gasteiger partial charge >= 0.3 is 5.97 Å². The van der Waals surface area contributed by atoms with Crippen LogP contribution in [0, 0.1) is 11.8 Å². The molecule has 2 aromatic carbocycles. The van der Waals surface area contributed by atoms with Gasteiger partial charge in [-0.2, -0.15) is 9.97 Å². The lowest BCUT2D eigenvalue weighted by Gasteiger charge is -2.40. The Morgan fingerprint density at radius 2 is 1.62 bits per heavy atom. The fraction of sp³-hybridized carbons (Fsp3) is 0.544. The maximum absolute atomic E-state index is 14.8. The Morgan fingerprint density at radius 1 is 0.899 bits per heavy atom. The van der Waals surface area contributed by atoms with Gasteiger partial charge in [-0.05, 0) is 86.4 Å². The Morgan fingerprint density at radius 3 is 2.30 bits per heavy atom. The molecule has 6 atom stereocenters. The standard InChI is InChI=1S/C57H80N12O9S/c1-9-26-69(55(74)48(36(6)11-3)65-52(73)43-15-12-13-27-68(43)7)44(35(4)5)30-45(77-28-10-2)54-64-42(33-79-54)51(72)63-41(56(75)76-8)29-37-22-24-40(25-23-37)62-47(71)17-14-16-46(70)59-31-38-18-20-39(21-19-38)32-78-53-49-50(61-34-60-49)66-57(58)67-53/h18-25,33-36,41,43-45,48H,9-17,26-32H2,1-8H3,(H,59,70)(H,62,71)(H,63,72)(H,65,73)(H3,58,60,61,66,67)/t36-,41-,43+,44?,45+,48-/m0/s1. The van der Waals surface area contributed by atoms with Crippen LogP contribution >= 0.6 is 11.3 Å². The maximum Gasteiger partial charge on any atom is 0.328 e. The van der Waals surface area contributed by atoms with Crippen molar-refractivity contribution in [3.8, 4) is 5.88 Å². The number of ether oxygens (including phenoxy) is 3. The van der Waals surface area contributed by atoms with Gasteiger partial charge in [0.05, 0.1) is 19.5 Å². The number of likely N-dealkylation sites (N-methyl/N-ethyl adjacent to an activating group) is 1. The van der Waals surface area contributed by atoms with Crippen LogP contribution in [0.5, 0.6) is 5.88 Å². The predicted molar refractivity (Wildman–Crippen MR) is 303 cm³/mol. The second kappa shape index (κ2) is 30.4. The number of piperidine rings is 1. The van der Waals surface area contributed by atoms with Crippen LogP contribution in [0.2, 0.25) is 0 Å². The molecule has 1 saturated heterocycles. The Kier molecular flexibility index (Phi) is 23.5. The summed E-state index contributed by atoms with van der Waals surface area (Å²) in [5.41, 5.74) is 9.87. The van der Waals surface area contributed by atoms with E-state index in [1.807, 2.05) is 63.9 Å². The van der Waals surface area contributed by atoms with Crippen LogP contribution in [0.1, 0.15) is 144 Å². The number of thiazole rings is 1. The number of likely N-dealkylation sites (tertiary alicyclic amines) is 1. The molecule has 5 aromatic rings. The van der Waals surface area contributed by atoms with E-state index in [4.69, 9.17) is 24.9 Å². The molecule has 428 valence electrons. The molecule has 6 rings (SSSR count). The first-order chi connectivity index (χ1) is 38.0. The minimum absolute atomic E-state index is 0.0198. The number of aromatic nitrogens is 5. The van der Waals surface area contributed by atoms with Crippen molar-refractivity contribution in [2.24, 2.45) is 11.8 Å². The first-order valence-electron chi connectivity index (χ1n) is 27.6. The third-order valence-electron chi connectivity index (χ3n) is 14.2. The molecule has 22 heteroatoms. The molecular weight excluding hydrogens is 1030 g/mol. The number of carbonyl (C=O) groups is 6. The van der Waals surface area contributed by atoms with Crippen LogP contribution in [0.25, 0.3) is 11.2 Å². The smallest absolute Gasteiger partial charge is 0.328 e. The van der Waals surface area contributed by atoms with E-state index in [1.54, 1.807) is 29.6 Å². The summed E-state index contributed by atoms with van der Waals surface area (Å²) in [6.45, 7) is 14.6. The number of nitrogens with two attached hydrogens (primary N) is 1. The number of esters is 1. The molecule has 0 radical (unpaired) electrons. The van der Waals surface area contributed by atoms with Crippen molar-refractivity contribution in [2.75, 3.05) is 44.9 Å². The molecule has 0 bridgehead atoms. The van der Waals surface area contributed by atoms with E-state index in [2.05, 4.69) is 60.0 Å². The van der Waals surface area contributed by atoms with Crippen molar-refractivity contribution < 1.29 is 43.0 Å². The van der Waals surface area contributed by atoms with Crippen molar-refractivity contribution in [3.63, 3.8) is 0 Å². The highest BCUT2D eigenvalue weighted by atomic mass is 32.1. The van der Waals surface area contributed by atoms with Crippen molar-refractivity contribution in [1.82, 2.24) is 50.7 Å². The molecule has 1 aliphatic heterocycles. The fourth-order valence-electron chi connectivity index (χ4n) is 9.50.